The van der Waals surface area contributed by atoms with Crippen LogP contribution in [0.4, 0.5) is 0 Å². The molecule has 0 bridgehead atoms. The van der Waals surface area contributed by atoms with Crippen molar-refractivity contribution < 1.29 is 4.79 Å². The lowest BCUT2D eigenvalue weighted by Crippen LogP contribution is -2.66. The van der Waals surface area contributed by atoms with Crippen molar-refractivity contribution in [2.75, 3.05) is 6.54 Å². The number of nitrogens with zero attached hydrogens (tertiary/aromatic N) is 1. The fraction of sp³-hybridized carbons (Fsp3) is 0.737. The maximum absolute atomic E-state index is 12.2. The minimum atomic E-state index is -0.441. The Kier molecular flexibility index (Phi) is 4.30. The molecule has 2 aliphatic heterocycles. The van der Waals surface area contributed by atoms with Crippen molar-refractivity contribution in [1.29, 1.82) is 0 Å². The summed E-state index contributed by atoms with van der Waals surface area (Å²) >= 11 is 0. The number of likely N-dealkylation sites (tertiary alicyclic amines) is 1. The smallest absolute Gasteiger partial charge is 0.248 e. The van der Waals surface area contributed by atoms with Gasteiger partial charge < -0.3 is 11.1 Å². The van der Waals surface area contributed by atoms with Crippen LogP contribution in [0.15, 0.2) is 23.9 Å². The van der Waals surface area contributed by atoms with Gasteiger partial charge in [-0.1, -0.05) is 13.3 Å². The maximum Gasteiger partial charge on any atom is 0.248 e. The van der Waals surface area contributed by atoms with Gasteiger partial charge in [-0.3, -0.25) is 9.69 Å². The Morgan fingerprint density at radius 1 is 1.39 bits per heavy atom. The van der Waals surface area contributed by atoms with Crippen LogP contribution in [0.5, 0.6) is 0 Å². The number of amides is 1. The molecule has 3 rings (SSSR count). The molecule has 4 nitrogen and oxygen atoms in total. The van der Waals surface area contributed by atoms with Crippen LogP contribution in [0.3, 0.4) is 0 Å². The first-order valence-corrected chi connectivity index (χ1v) is 9.16. The number of unbranched alkanes of at least 4 members (excludes halogenated alkanes) is 1. The summed E-state index contributed by atoms with van der Waals surface area (Å²) in [5, 5.41) is 3.55. The van der Waals surface area contributed by atoms with E-state index in [1.165, 1.54) is 19.3 Å². The summed E-state index contributed by atoms with van der Waals surface area (Å²) in [7, 11) is 0. The van der Waals surface area contributed by atoms with Gasteiger partial charge in [-0.2, -0.15) is 0 Å². The first-order valence-electron chi connectivity index (χ1n) is 9.16. The highest BCUT2D eigenvalue weighted by atomic mass is 16.1. The van der Waals surface area contributed by atoms with Crippen LogP contribution in [-0.2, 0) is 4.79 Å². The predicted molar refractivity (Wildman–Crippen MR) is 93.4 cm³/mol. The van der Waals surface area contributed by atoms with E-state index in [9.17, 15) is 4.79 Å². The number of carbonyl (C=O) groups excluding carboxylic acids is 1. The number of dihydropyridines is 1. The van der Waals surface area contributed by atoms with Crippen molar-refractivity contribution in [3.05, 3.63) is 23.9 Å². The van der Waals surface area contributed by atoms with Gasteiger partial charge in [-0.05, 0) is 76.1 Å². The Bertz CT molecular complexity index is 533. The van der Waals surface area contributed by atoms with E-state index < -0.39 is 5.66 Å². The predicted octanol–water partition coefficient (Wildman–Crippen LogP) is 2.91. The number of hydrogen-bond donors (Lipinski definition) is 2. The lowest BCUT2D eigenvalue weighted by atomic mass is 9.80. The Morgan fingerprint density at radius 2 is 2.13 bits per heavy atom. The second-order valence-corrected chi connectivity index (χ2v) is 7.95. The zero-order valence-electron chi connectivity index (χ0n) is 14.8. The Morgan fingerprint density at radius 3 is 2.74 bits per heavy atom. The van der Waals surface area contributed by atoms with Gasteiger partial charge >= 0.3 is 0 Å². The first-order chi connectivity index (χ1) is 10.9. The van der Waals surface area contributed by atoms with Crippen molar-refractivity contribution in [3.63, 3.8) is 0 Å². The quantitative estimate of drug-likeness (QED) is 0.792. The molecule has 1 amide bonds. The van der Waals surface area contributed by atoms with E-state index in [-0.39, 0.29) is 11.4 Å². The van der Waals surface area contributed by atoms with E-state index in [4.69, 9.17) is 5.73 Å². The molecule has 128 valence electrons. The van der Waals surface area contributed by atoms with Gasteiger partial charge in [0.25, 0.3) is 0 Å². The zero-order chi connectivity index (χ0) is 16.7. The van der Waals surface area contributed by atoms with E-state index in [0.29, 0.717) is 0 Å². The van der Waals surface area contributed by atoms with Gasteiger partial charge in [0.1, 0.15) is 5.66 Å². The summed E-state index contributed by atoms with van der Waals surface area (Å²) in [6.07, 6.45) is 12.9. The molecule has 23 heavy (non-hydrogen) atoms. The van der Waals surface area contributed by atoms with Crippen LogP contribution >= 0.6 is 0 Å². The molecule has 0 aromatic rings. The standard InChI is InChI=1S/C19H31N3O/c1-4-5-11-19(16(17(20)23)7-6-12-21-19)22-13-10-15(14-8-9-14)18(22,2)3/h6-7,12,14-15,21H,4-5,8-11,13H2,1-3H3,(H2,20,23). The highest BCUT2D eigenvalue weighted by Gasteiger charge is 2.56. The van der Waals surface area contributed by atoms with Crippen molar-refractivity contribution >= 4 is 5.91 Å². The van der Waals surface area contributed by atoms with Crippen LogP contribution in [-0.4, -0.2) is 28.6 Å². The fourth-order valence-electron chi connectivity index (χ4n) is 4.93. The maximum atomic E-state index is 12.2. The molecule has 0 spiro atoms. The summed E-state index contributed by atoms with van der Waals surface area (Å²) in [6, 6.07) is 0. The van der Waals surface area contributed by atoms with Crippen LogP contribution in [0.25, 0.3) is 0 Å². The summed E-state index contributed by atoms with van der Waals surface area (Å²) < 4.78 is 0. The second kappa shape index (κ2) is 5.97. The highest BCUT2D eigenvalue weighted by Crippen LogP contribution is 2.52. The Balaban J connectivity index is 1.97. The average Bonchev–Trinajstić information content (AvgIpc) is 3.29. The Labute approximate surface area is 140 Å². The molecule has 0 radical (unpaired) electrons. The molecule has 1 saturated heterocycles. The second-order valence-electron chi connectivity index (χ2n) is 7.95. The third kappa shape index (κ3) is 2.71. The molecule has 2 heterocycles. The van der Waals surface area contributed by atoms with Crippen LogP contribution in [0.2, 0.25) is 0 Å². The lowest BCUT2D eigenvalue weighted by Gasteiger charge is -2.51. The van der Waals surface area contributed by atoms with Gasteiger partial charge in [-0.15, -0.1) is 0 Å². The number of allylic oxidation sites excluding steroid dienone is 2. The number of rotatable bonds is 6. The summed E-state index contributed by atoms with van der Waals surface area (Å²) in [5.74, 6) is 1.30. The van der Waals surface area contributed by atoms with E-state index in [1.807, 2.05) is 18.4 Å². The summed E-state index contributed by atoms with van der Waals surface area (Å²) in [5.41, 5.74) is 6.13. The third-order valence-electron chi connectivity index (χ3n) is 6.20. The molecule has 3 aliphatic rings. The molecule has 1 saturated carbocycles. The normalized spacial score (nSPS) is 33.3. The number of carbonyl (C=O) groups is 1. The fourth-order valence-corrected chi connectivity index (χ4v) is 4.93. The van der Waals surface area contributed by atoms with E-state index in [0.717, 1.165) is 43.2 Å². The molecular weight excluding hydrogens is 286 g/mol. The Hall–Kier alpha value is -1.29. The minimum Gasteiger partial charge on any atom is -0.369 e. The SMILES string of the molecule is CCCCC1(N2CCC(C3CC3)C2(C)C)NC=CC=C1C(N)=O. The van der Waals surface area contributed by atoms with Gasteiger partial charge in [0.15, 0.2) is 0 Å². The van der Waals surface area contributed by atoms with Crippen LogP contribution in [0.1, 0.15) is 59.3 Å². The molecule has 2 fully saturated rings. The van der Waals surface area contributed by atoms with Crippen molar-refractivity contribution in [3.8, 4) is 0 Å². The molecular formula is C19H31N3O. The van der Waals surface area contributed by atoms with Crippen molar-refractivity contribution in [2.24, 2.45) is 17.6 Å². The number of nitrogens with two attached hydrogens (primary N) is 1. The monoisotopic (exact) mass is 317 g/mol. The van der Waals surface area contributed by atoms with Crippen LogP contribution < -0.4 is 11.1 Å². The van der Waals surface area contributed by atoms with Crippen molar-refractivity contribution in [1.82, 2.24) is 10.2 Å². The largest absolute Gasteiger partial charge is 0.369 e. The molecule has 0 aromatic carbocycles. The number of primary amides is 1. The molecule has 4 heteroatoms. The molecule has 1 aliphatic carbocycles. The van der Waals surface area contributed by atoms with Crippen molar-refractivity contribution in [2.45, 2.75) is 70.5 Å². The third-order valence-corrected chi connectivity index (χ3v) is 6.20. The van der Waals surface area contributed by atoms with E-state index >= 15 is 0 Å². The first kappa shape index (κ1) is 16.6. The number of hydrogen-bond acceptors (Lipinski definition) is 3. The van der Waals surface area contributed by atoms with Gasteiger partial charge in [0.05, 0.1) is 5.57 Å². The molecule has 2 atom stereocenters. The van der Waals surface area contributed by atoms with E-state index in [1.54, 1.807) is 0 Å². The summed E-state index contributed by atoms with van der Waals surface area (Å²) in [4.78, 5) is 14.7. The molecule has 0 aromatic heterocycles. The molecule has 3 N–H and O–H groups in total. The number of nitrogens with one attached hydrogen (secondary N) is 1. The average molecular weight is 317 g/mol. The zero-order valence-corrected chi connectivity index (χ0v) is 14.8. The molecule has 2 unspecified atom stereocenters. The van der Waals surface area contributed by atoms with Gasteiger partial charge in [0, 0.05) is 12.1 Å². The van der Waals surface area contributed by atoms with Gasteiger partial charge in [0.2, 0.25) is 5.91 Å². The topological polar surface area (TPSA) is 58.4 Å². The van der Waals surface area contributed by atoms with E-state index in [2.05, 4.69) is 31.0 Å². The summed E-state index contributed by atoms with van der Waals surface area (Å²) in [6.45, 7) is 7.94. The minimum absolute atomic E-state index is 0.0849. The van der Waals surface area contributed by atoms with Crippen LogP contribution in [0, 0.1) is 11.8 Å². The highest BCUT2D eigenvalue weighted by molar-refractivity contribution is 5.95. The van der Waals surface area contributed by atoms with Gasteiger partial charge in [-0.25, -0.2) is 0 Å². The lowest BCUT2D eigenvalue weighted by molar-refractivity contribution is -0.117.